The predicted molar refractivity (Wildman–Crippen MR) is 177 cm³/mol. The van der Waals surface area contributed by atoms with Crippen LogP contribution >= 0.6 is 0 Å². The smallest absolute Gasteiger partial charge is 0.289 e. The van der Waals surface area contributed by atoms with Gasteiger partial charge >= 0.3 is 0 Å². The fourth-order valence-electron chi connectivity index (χ4n) is 7.84. The molecule has 1 aliphatic heterocycles. The second kappa shape index (κ2) is 15.2. The molecule has 0 unspecified atom stereocenters. The number of rotatable bonds is 13. The monoisotopic (exact) mass is 667 g/mol. The van der Waals surface area contributed by atoms with Crippen molar-refractivity contribution < 1.29 is 28.8 Å². The minimum Gasteiger partial charge on any atom is -0.347 e. The number of H-pyrrole nitrogens is 1. The number of imidazole rings is 1. The average Bonchev–Trinajstić information content (AvgIpc) is 3.40. The number of likely N-dealkylation sites (tertiary alicyclic amines) is 1. The lowest BCUT2D eigenvalue weighted by Crippen LogP contribution is -2.62. The van der Waals surface area contributed by atoms with Crippen LogP contribution in [-0.4, -0.2) is 86.9 Å². The maximum absolute atomic E-state index is 14.6. The van der Waals surface area contributed by atoms with Crippen molar-refractivity contribution in [3.05, 3.63) is 18.2 Å². The number of hydrogen-bond donors (Lipinski definition) is 5. The summed E-state index contributed by atoms with van der Waals surface area (Å²) in [4.78, 5) is 89.9. The van der Waals surface area contributed by atoms with Crippen molar-refractivity contribution >= 4 is 35.3 Å². The summed E-state index contributed by atoms with van der Waals surface area (Å²) in [7, 11) is 0. The Morgan fingerprint density at radius 3 is 2.29 bits per heavy atom. The Hall–Kier alpha value is -3.77. The van der Waals surface area contributed by atoms with Gasteiger partial charge in [-0.05, 0) is 68.1 Å². The molecule has 0 radical (unpaired) electrons. The third-order valence-electron chi connectivity index (χ3n) is 10.6. The number of hydrogen-bond acceptors (Lipinski definition) is 7. The van der Waals surface area contributed by atoms with E-state index in [0.29, 0.717) is 19.4 Å². The number of nitrogens with zero attached hydrogens (tertiary/aromatic N) is 2. The Morgan fingerprint density at radius 2 is 1.67 bits per heavy atom. The number of amides is 5. The Kier molecular flexibility index (Phi) is 11.2. The van der Waals surface area contributed by atoms with Crippen LogP contribution in [0, 0.1) is 23.2 Å². The van der Waals surface area contributed by atoms with E-state index in [1.54, 1.807) is 11.1 Å². The van der Waals surface area contributed by atoms with Crippen molar-refractivity contribution in [1.29, 1.82) is 0 Å². The predicted octanol–water partition coefficient (Wildman–Crippen LogP) is 2.38. The van der Waals surface area contributed by atoms with Crippen molar-refractivity contribution in [2.45, 2.75) is 135 Å². The Morgan fingerprint density at radius 1 is 0.938 bits per heavy atom. The van der Waals surface area contributed by atoms with Crippen LogP contribution in [0.2, 0.25) is 0 Å². The molecule has 2 heterocycles. The zero-order chi connectivity index (χ0) is 34.6. The van der Waals surface area contributed by atoms with Gasteiger partial charge in [0.1, 0.15) is 18.1 Å². The fraction of sp³-hybridized carbons (Fsp3) is 0.743. The molecule has 5 N–H and O–H groups in total. The van der Waals surface area contributed by atoms with E-state index in [0.717, 1.165) is 64.2 Å². The summed E-state index contributed by atoms with van der Waals surface area (Å²) in [6.07, 6.45) is 12.7. The molecule has 1 aromatic rings. The molecule has 3 aliphatic carbocycles. The summed E-state index contributed by atoms with van der Waals surface area (Å²) < 4.78 is 0. The summed E-state index contributed by atoms with van der Waals surface area (Å²) in [6.45, 7) is 7.87. The number of ketones is 1. The van der Waals surface area contributed by atoms with Crippen LogP contribution in [0.1, 0.15) is 115 Å². The van der Waals surface area contributed by atoms with E-state index in [1.165, 1.54) is 6.20 Å². The average molecular weight is 668 g/mol. The molecule has 48 heavy (non-hydrogen) atoms. The van der Waals surface area contributed by atoms with E-state index in [2.05, 4.69) is 31.2 Å². The molecule has 0 spiro atoms. The highest BCUT2D eigenvalue weighted by molar-refractivity contribution is 6.38. The first-order chi connectivity index (χ1) is 22.9. The topological polar surface area (TPSA) is 182 Å². The highest BCUT2D eigenvalue weighted by Gasteiger charge is 2.52. The van der Waals surface area contributed by atoms with Gasteiger partial charge in [-0.1, -0.05) is 59.8 Å². The van der Waals surface area contributed by atoms with Gasteiger partial charge in [0.2, 0.25) is 23.5 Å². The van der Waals surface area contributed by atoms with Crippen LogP contribution in [0.3, 0.4) is 0 Å². The number of carbonyl (C=O) groups is 6. The third kappa shape index (κ3) is 8.26. The summed E-state index contributed by atoms with van der Waals surface area (Å²) >= 11 is 0. The zero-order valence-corrected chi connectivity index (χ0v) is 28.8. The fourth-order valence-corrected chi connectivity index (χ4v) is 7.84. The first-order valence-electron chi connectivity index (χ1n) is 17.9. The van der Waals surface area contributed by atoms with Crippen LogP contribution < -0.4 is 21.3 Å². The Bertz CT molecular complexity index is 1350. The number of aromatic nitrogens is 2. The molecule has 4 aliphatic rings. The largest absolute Gasteiger partial charge is 0.347 e. The zero-order valence-electron chi connectivity index (χ0n) is 28.8. The summed E-state index contributed by atoms with van der Waals surface area (Å²) in [6, 6.07) is -3.63. The quantitative estimate of drug-likeness (QED) is 0.200. The molecule has 0 aromatic carbocycles. The summed E-state index contributed by atoms with van der Waals surface area (Å²) in [5.41, 5.74) is -0.727. The summed E-state index contributed by atoms with van der Waals surface area (Å²) in [5.74, 6) is -3.02. The highest BCUT2D eigenvalue weighted by Crippen LogP contribution is 2.43. The second-order valence-electron chi connectivity index (χ2n) is 15.3. The first kappa shape index (κ1) is 35.5. The standard InChI is InChI=1S/C35H53N7O6/c1-5-10-24(27(43)32(46)38-22-15-16-22)39-31(45)26-23-14-9-13-21(23)19-42(26)34(48)28(35(2,3)4)41-30(44)25(20-11-7-6-8-12-20)40-33(47)29-36-17-18-37-29/h17-18,20-26,28H,5-16,19H2,1-4H3,(H,36,37)(H,38,46)(H,39,45)(H,40,47)(H,41,44)/t21-,23-,24-,25-,26-,28+/m0/s1. The third-order valence-corrected chi connectivity index (χ3v) is 10.6. The van der Waals surface area contributed by atoms with Crippen LogP contribution in [0.4, 0.5) is 0 Å². The van der Waals surface area contributed by atoms with Gasteiger partial charge in [-0.2, -0.15) is 0 Å². The Labute approximate surface area is 282 Å². The van der Waals surface area contributed by atoms with Crippen molar-refractivity contribution in [3.63, 3.8) is 0 Å². The number of nitrogens with one attached hydrogen (secondary N) is 5. The van der Waals surface area contributed by atoms with Gasteiger partial charge < -0.3 is 31.2 Å². The van der Waals surface area contributed by atoms with Crippen LogP contribution in [-0.2, 0) is 24.0 Å². The van der Waals surface area contributed by atoms with Crippen molar-refractivity contribution in [3.8, 4) is 0 Å². The first-order valence-corrected chi connectivity index (χ1v) is 17.9. The number of aromatic amines is 1. The molecule has 13 heteroatoms. The molecule has 3 saturated carbocycles. The molecule has 5 rings (SSSR count). The van der Waals surface area contributed by atoms with Gasteiger partial charge in [0, 0.05) is 25.0 Å². The molecule has 6 atom stereocenters. The van der Waals surface area contributed by atoms with E-state index in [-0.39, 0.29) is 35.5 Å². The molecule has 0 bridgehead atoms. The SMILES string of the molecule is CCC[C@H](NC(=O)[C@@H]1[C@H]2CCC[C@H]2CN1C(=O)[C@@H](NC(=O)[C@@H](NC(=O)c1ncc[nH]1)C1CCCCC1)C(C)(C)C)C(=O)C(=O)NC1CC1. The van der Waals surface area contributed by atoms with E-state index in [1.807, 2.05) is 27.7 Å². The molecule has 4 fully saturated rings. The van der Waals surface area contributed by atoms with Crippen LogP contribution in [0.15, 0.2) is 12.4 Å². The van der Waals surface area contributed by atoms with Gasteiger partial charge in [0.15, 0.2) is 5.82 Å². The lowest BCUT2D eigenvalue weighted by Gasteiger charge is -2.38. The molecule has 264 valence electrons. The second-order valence-corrected chi connectivity index (χ2v) is 15.3. The van der Waals surface area contributed by atoms with Crippen LogP contribution in [0.25, 0.3) is 0 Å². The minimum atomic E-state index is -0.983. The van der Waals surface area contributed by atoms with Crippen molar-refractivity contribution in [1.82, 2.24) is 36.1 Å². The normalized spacial score (nSPS) is 24.6. The van der Waals surface area contributed by atoms with Gasteiger partial charge in [-0.25, -0.2) is 4.98 Å². The van der Waals surface area contributed by atoms with E-state index < -0.39 is 59.0 Å². The minimum absolute atomic E-state index is 0.0160. The van der Waals surface area contributed by atoms with E-state index >= 15 is 0 Å². The van der Waals surface area contributed by atoms with Crippen molar-refractivity contribution in [2.24, 2.45) is 23.2 Å². The van der Waals surface area contributed by atoms with Crippen LogP contribution in [0.5, 0.6) is 0 Å². The molecular formula is C35H53N7O6. The molecule has 13 nitrogen and oxygen atoms in total. The molecular weight excluding hydrogens is 614 g/mol. The summed E-state index contributed by atoms with van der Waals surface area (Å²) in [5, 5.41) is 11.5. The van der Waals surface area contributed by atoms with Gasteiger partial charge in [-0.15, -0.1) is 0 Å². The molecule has 1 aromatic heterocycles. The van der Waals surface area contributed by atoms with E-state index in [9.17, 15) is 28.8 Å². The molecule has 5 amide bonds. The van der Waals surface area contributed by atoms with Crippen molar-refractivity contribution in [2.75, 3.05) is 6.54 Å². The van der Waals surface area contributed by atoms with Gasteiger partial charge in [0.25, 0.3) is 11.8 Å². The van der Waals surface area contributed by atoms with E-state index in [4.69, 9.17) is 0 Å². The lowest BCUT2D eigenvalue weighted by atomic mass is 9.82. The highest BCUT2D eigenvalue weighted by atomic mass is 16.2. The number of Topliss-reactive ketones (excluding diaryl/α,β-unsaturated/α-hetero) is 1. The number of carbonyl (C=O) groups excluding carboxylic acids is 6. The molecule has 1 saturated heterocycles. The Balaban J connectivity index is 1.35. The number of fused-ring (bicyclic) bond motifs is 1. The maximum Gasteiger partial charge on any atom is 0.289 e. The lowest BCUT2D eigenvalue weighted by molar-refractivity contribution is -0.146. The van der Waals surface area contributed by atoms with Gasteiger partial charge in [-0.3, -0.25) is 28.8 Å². The van der Waals surface area contributed by atoms with Gasteiger partial charge in [0.05, 0.1) is 6.04 Å². The maximum atomic E-state index is 14.6.